The van der Waals surface area contributed by atoms with E-state index in [0.717, 1.165) is 0 Å². The molecule has 0 radical (unpaired) electrons. The molecule has 0 heterocycles. The summed E-state index contributed by atoms with van der Waals surface area (Å²) in [5.41, 5.74) is 0.662. The van der Waals surface area contributed by atoms with Crippen LogP contribution in [0.4, 0.5) is 0 Å². The number of aliphatic hydroxyl groups is 4. The number of aliphatic hydroxyl groups excluding tert-OH is 4. The summed E-state index contributed by atoms with van der Waals surface area (Å²) in [5.74, 6) is -1.76. The summed E-state index contributed by atoms with van der Waals surface area (Å²) in [7, 11) is 0. The highest BCUT2D eigenvalue weighted by atomic mass is 16.5. The number of hydrogen-bond donors (Lipinski definition) is 6. The van der Waals surface area contributed by atoms with Crippen molar-refractivity contribution in [2.24, 2.45) is 0 Å². The lowest BCUT2D eigenvalue weighted by molar-refractivity contribution is -0.0177. The Kier molecular flexibility index (Phi) is 20.0. The van der Waals surface area contributed by atoms with Crippen molar-refractivity contribution in [1.29, 1.82) is 0 Å². The van der Waals surface area contributed by atoms with E-state index in [1.807, 2.05) is 0 Å². The Balaban J connectivity index is 0. The topological polar surface area (TPSA) is 165 Å². The van der Waals surface area contributed by atoms with E-state index >= 15 is 0 Å². The minimum absolute atomic E-state index is 0.00667. The van der Waals surface area contributed by atoms with Crippen molar-refractivity contribution in [3.8, 4) is 0 Å². The lowest BCUT2D eigenvalue weighted by atomic mass is 10.2. The van der Waals surface area contributed by atoms with Gasteiger partial charge in [0.1, 0.15) is 0 Å². The average Bonchev–Trinajstić information content (AvgIpc) is 2.79. The molecule has 0 bridgehead atoms. The standard InChI is InChI=1S/2C7H6O2.C6H14O3.C2H6O2/c2*8-7(9)6-4-2-1-3-5-6;1-5(8)4-9-6(2)3-7;3-1-2-4/h2*1-5H,(H,8,9);5-8H,3-4H2,1-2H3;3-4H,1-2H2. The van der Waals surface area contributed by atoms with Gasteiger partial charge < -0.3 is 35.4 Å². The van der Waals surface area contributed by atoms with Gasteiger partial charge in [0.05, 0.1) is 49.8 Å². The van der Waals surface area contributed by atoms with Crippen molar-refractivity contribution in [2.75, 3.05) is 26.4 Å². The quantitative estimate of drug-likeness (QED) is 0.374. The number of ether oxygens (including phenoxy) is 1. The predicted octanol–water partition coefficient (Wildman–Crippen LogP) is 1.51. The average molecular weight is 440 g/mol. The smallest absolute Gasteiger partial charge is 0.335 e. The Morgan fingerprint density at radius 3 is 1.32 bits per heavy atom. The number of benzene rings is 2. The van der Waals surface area contributed by atoms with Gasteiger partial charge in [-0.25, -0.2) is 9.59 Å². The van der Waals surface area contributed by atoms with E-state index < -0.39 is 18.0 Å². The molecule has 0 aliphatic carbocycles. The van der Waals surface area contributed by atoms with Gasteiger partial charge in [0.15, 0.2) is 0 Å². The first-order valence-electron chi connectivity index (χ1n) is 9.38. The van der Waals surface area contributed by atoms with Gasteiger partial charge >= 0.3 is 11.9 Å². The summed E-state index contributed by atoms with van der Waals surface area (Å²) in [6.45, 7) is 3.45. The van der Waals surface area contributed by atoms with Crippen LogP contribution in [0.2, 0.25) is 0 Å². The van der Waals surface area contributed by atoms with Crippen LogP contribution >= 0.6 is 0 Å². The molecule has 2 aromatic carbocycles. The maximum absolute atomic E-state index is 10.2. The van der Waals surface area contributed by atoms with Crippen LogP contribution in [0.15, 0.2) is 60.7 Å². The molecule has 0 spiro atoms. The summed E-state index contributed by atoms with van der Waals surface area (Å²) in [6.07, 6.45) is -0.612. The van der Waals surface area contributed by atoms with Crippen LogP contribution in [-0.4, -0.2) is 81.2 Å². The number of rotatable bonds is 7. The maximum atomic E-state index is 10.2. The normalized spacial score (nSPS) is 11.2. The summed E-state index contributed by atoms with van der Waals surface area (Å²) >= 11 is 0. The third kappa shape index (κ3) is 20.2. The number of carboxylic acid groups (broad SMARTS) is 2. The molecule has 0 aliphatic rings. The van der Waals surface area contributed by atoms with Crippen molar-refractivity contribution in [2.45, 2.75) is 26.1 Å². The van der Waals surface area contributed by atoms with Gasteiger partial charge in [-0.1, -0.05) is 36.4 Å². The van der Waals surface area contributed by atoms with Crippen molar-refractivity contribution < 1.29 is 45.0 Å². The Morgan fingerprint density at radius 2 is 1.13 bits per heavy atom. The molecule has 6 N–H and O–H groups in total. The minimum atomic E-state index is -0.879. The van der Waals surface area contributed by atoms with E-state index in [2.05, 4.69) is 0 Å². The largest absolute Gasteiger partial charge is 0.478 e. The Morgan fingerprint density at radius 1 is 0.774 bits per heavy atom. The molecular weight excluding hydrogens is 408 g/mol. The van der Waals surface area contributed by atoms with Gasteiger partial charge in [0.2, 0.25) is 0 Å². The molecule has 0 aromatic heterocycles. The first-order valence-corrected chi connectivity index (χ1v) is 9.38. The Bertz CT molecular complexity index is 624. The molecule has 2 unspecified atom stereocenters. The lowest BCUT2D eigenvalue weighted by Crippen LogP contribution is -2.19. The van der Waals surface area contributed by atoms with Crippen molar-refractivity contribution in [1.82, 2.24) is 0 Å². The van der Waals surface area contributed by atoms with Crippen LogP contribution in [0.25, 0.3) is 0 Å². The molecule has 0 saturated carbocycles. The second kappa shape index (κ2) is 20.5. The maximum Gasteiger partial charge on any atom is 0.335 e. The van der Waals surface area contributed by atoms with Gasteiger partial charge in [-0.05, 0) is 38.1 Å². The number of carbonyl (C=O) groups is 2. The molecule has 2 aromatic rings. The molecule has 0 aliphatic heterocycles. The fraction of sp³-hybridized carbons (Fsp3) is 0.364. The molecule has 2 rings (SSSR count). The van der Waals surface area contributed by atoms with E-state index in [0.29, 0.717) is 17.7 Å². The zero-order valence-corrected chi connectivity index (χ0v) is 17.7. The highest BCUT2D eigenvalue weighted by Crippen LogP contribution is 1.97. The van der Waals surface area contributed by atoms with Crippen LogP contribution in [0.1, 0.15) is 34.6 Å². The molecule has 9 heteroatoms. The molecule has 0 saturated heterocycles. The summed E-state index contributed by atoms with van der Waals surface area (Å²) in [6, 6.07) is 16.6. The number of hydrogen-bond acceptors (Lipinski definition) is 7. The first-order chi connectivity index (χ1) is 14.7. The van der Waals surface area contributed by atoms with Gasteiger partial charge in [-0.3, -0.25) is 0 Å². The third-order valence-electron chi connectivity index (χ3n) is 3.02. The summed E-state index contributed by atoms with van der Waals surface area (Å²) < 4.78 is 4.95. The molecule has 174 valence electrons. The van der Waals surface area contributed by atoms with Gasteiger partial charge in [-0.2, -0.15) is 0 Å². The first kappa shape index (κ1) is 30.4. The van der Waals surface area contributed by atoms with Crippen LogP contribution in [-0.2, 0) is 4.74 Å². The monoisotopic (exact) mass is 440 g/mol. The fourth-order valence-electron chi connectivity index (χ4n) is 1.52. The van der Waals surface area contributed by atoms with Crippen LogP contribution in [0, 0.1) is 0 Å². The third-order valence-corrected chi connectivity index (χ3v) is 3.02. The fourth-order valence-corrected chi connectivity index (χ4v) is 1.52. The van der Waals surface area contributed by atoms with E-state index in [4.69, 9.17) is 35.4 Å². The second-order valence-corrected chi connectivity index (χ2v) is 5.97. The van der Waals surface area contributed by atoms with Gasteiger partial charge in [0.25, 0.3) is 0 Å². The number of carboxylic acids is 2. The van der Waals surface area contributed by atoms with Crippen molar-refractivity contribution in [3.05, 3.63) is 71.8 Å². The predicted molar refractivity (Wildman–Crippen MR) is 115 cm³/mol. The zero-order chi connectivity index (χ0) is 24.1. The second-order valence-electron chi connectivity index (χ2n) is 5.97. The zero-order valence-electron chi connectivity index (χ0n) is 17.7. The minimum Gasteiger partial charge on any atom is -0.478 e. The lowest BCUT2D eigenvalue weighted by Gasteiger charge is -2.10. The van der Waals surface area contributed by atoms with Crippen molar-refractivity contribution in [3.63, 3.8) is 0 Å². The summed E-state index contributed by atoms with van der Waals surface area (Å²) in [4.78, 5) is 20.4. The molecular formula is C22H32O9. The van der Waals surface area contributed by atoms with Crippen LogP contribution in [0.3, 0.4) is 0 Å². The van der Waals surface area contributed by atoms with E-state index in [-0.39, 0.29) is 25.9 Å². The number of aromatic carboxylic acids is 2. The Hall–Kier alpha value is -2.82. The van der Waals surface area contributed by atoms with E-state index in [1.165, 1.54) is 0 Å². The molecule has 2 atom stereocenters. The molecule has 0 fully saturated rings. The molecule has 9 nitrogen and oxygen atoms in total. The van der Waals surface area contributed by atoms with Gasteiger partial charge in [0, 0.05) is 0 Å². The van der Waals surface area contributed by atoms with Crippen LogP contribution in [0.5, 0.6) is 0 Å². The highest BCUT2D eigenvalue weighted by molar-refractivity contribution is 5.87. The Labute approximate surface area is 181 Å². The molecule has 31 heavy (non-hydrogen) atoms. The SMILES string of the molecule is CC(O)COC(C)CO.O=C(O)c1ccccc1.O=C(O)c1ccccc1.OCCO. The van der Waals surface area contributed by atoms with E-state index in [9.17, 15) is 9.59 Å². The van der Waals surface area contributed by atoms with Crippen molar-refractivity contribution >= 4 is 11.9 Å². The van der Waals surface area contributed by atoms with Crippen LogP contribution < -0.4 is 0 Å². The highest BCUT2D eigenvalue weighted by Gasteiger charge is 2.01. The molecule has 0 amide bonds. The van der Waals surface area contributed by atoms with Gasteiger partial charge in [-0.15, -0.1) is 0 Å². The van der Waals surface area contributed by atoms with E-state index in [1.54, 1.807) is 74.5 Å². The summed E-state index contributed by atoms with van der Waals surface area (Å²) in [5, 5.41) is 49.2.